The SMILES string of the molecule is CC(=O)Nc1cnc(-c2ccc3ccccc3c2)c(N)n1. The van der Waals surface area contributed by atoms with Crippen molar-refractivity contribution < 1.29 is 4.79 Å². The molecule has 3 aromatic rings. The molecule has 1 aromatic heterocycles. The molecule has 5 nitrogen and oxygen atoms in total. The number of fused-ring (bicyclic) bond motifs is 1. The average Bonchev–Trinajstić information content (AvgIpc) is 2.46. The molecule has 0 radical (unpaired) electrons. The van der Waals surface area contributed by atoms with Crippen LogP contribution in [0, 0.1) is 0 Å². The molecule has 0 fully saturated rings. The summed E-state index contributed by atoms with van der Waals surface area (Å²) in [6, 6.07) is 14.1. The van der Waals surface area contributed by atoms with E-state index in [2.05, 4.69) is 15.3 Å². The van der Waals surface area contributed by atoms with Crippen molar-refractivity contribution in [3.05, 3.63) is 48.7 Å². The molecule has 0 spiro atoms. The Morgan fingerprint density at radius 1 is 1.14 bits per heavy atom. The van der Waals surface area contributed by atoms with Crippen molar-refractivity contribution in [3.8, 4) is 11.3 Å². The van der Waals surface area contributed by atoms with Gasteiger partial charge in [0.15, 0.2) is 11.6 Å². The Morgan fingerprint density at radius 2 is 1.90 bits per heavy atom. The normalized spacial score (nSPS) is 10.5. The van der Waals surface area contributed by atoms with Gasteiger partial charge in [0.05, 0.1) is 6.20 Å². The Morgan fingerprint density at radius 3 is 2.62 bits per heavy atom. The number of carbonyl (C=O) groups is 1. The maximum atomic E-state index is 11.0. The van der Waals surface area contributed by atoms with E-state index in [9.17, 15) is 4.79 Å². The Balaban J connectivity index is 2.03. The third kappa shape index (κ3) is 2.67. The molecule has 2 aromatic carbocycles. The van der Waals surface area contributed by atoms with E-state index in [1.54, 1.807) is 0 Å². The van der Waals surface area contributed by atoms with Crippen LogP contribution in [0.5, 0.6) is 0 Å². The lowest BCUT2D eigenvalue weighted by atomic mass is 10.0. The lowest BCUT2D eigenvalue weighted by Crippen LogP contribution is -2.09. The van der Waals surface area contributed by atoms with Gasteiger partial charge in [-0.05, 0) is 16.8 Å². The van der Waals surface area contributed by atoms with Crippen LogP contribution in [0.25, 0.3) is 22.0 Å². The number of anilines is 2. The Labute approximate surface area is 121 Å². The molecule has 0 aliphatic rings. The van der Waals surface area contributed by atoms with Gasteiger partial charge in [-0.15, -0.1) is 0 Å². The van der Waals surface area contributed by atoms with Crippen LogP contribution < -0.4 is 11.1 Å². The fourth-order valence-corrected chi connectivity index (χ4v) is 2.20. The molecule has 5 heteroatoms. The van der Waals surface area contributed by atoms with Gasteiger partial charge in [0, 0.05) is 12.5 Å². The molecule has 0 atom stereocenters. The number of nitrogens with zero attached hydrogens (tertiary/aromatic N) is 2. The molecule has 0 unspecified atom stereocenters. The summed E-state index contributed by atoms with van der Waals surface area (Å²) in [6.45, 7) is 1.41. The van der Waals surface area contributed by atoms with Crippen LogP contribution in [-0.4, -0.2) is 15.9 Å². The second-order valence-corrected chi connectivity index (χ2v) is 4.73. The minimum atomic E-state index is -0.206. The number of rotatable bonds is 2. The molecule has 1 amide bonds. The van der Waals surface area contributed by atoms with Crippen molar-refractivity contribution in [2.45, 2.75) is 6.92 Å². The topological polar surface area (TPSA) is 80.9 Å². The van der Waals surface area contributed by atoms with Crippen molar-refractivity contribution >= 4 is 28.3 Å². The summed E-state index contributed by atoms with van der Waals surface area (Å²) in [5.74, 6) is 0.434. The Bertz CT molecular complexity index is 829. The number of benzene rings is 2. The maximum Gasteiger partial charge on any atom is 0.222 e. The largest absolute Gasteiger partial charge is 0.382 e. The molecular formula is C16H14N4O. The number of amides is 1. The van der Waals surface area contributed by atoms with Crippen LogP contribution in [-0.2, 0) is 4.79 Å². The summed E-state index contributed by atoms with van der Waals surface area (Å²) >= 11 is 0. The fraction of sp³-hybridized carbons (Fsp3) is 0.0625. The van der Waals surface area contributed by atoms with Gasteiger partial charge >= 0.3 is 0 Å². The molecular weight excluding hydrogens is 264 g/mol. The molecule has 3 N–H and O–H groups in total. The van der Waals surface area contributed by atoms with Crippen molar-refractivity contribution in [1.29, 1.82) is 0 Å². The Hall–Kier alpha value is -2.95. The number of hydrogen-bond donors (Lipinski definition) is 2. The fourth-order valence-electron chi connectivity index (χ4n) is 2.20. The minimum Gasteiger partial charge on any atom is -0.382 e. The summed E-state index contributed by atoms with van der Waals surface area (Å²) in [5.41, 5.74) is 7.45. The van der Waals surface area contributed by atoms with Crippen molar-refractivity contribution in [2.24, 2.45) is 0 Å². The molecule has 3 rings (SSSR count). The predicted molar refractivity (Wildman–Crippen MR) is 83.7 cm³/mol. The standard InChI is InChI=1S/C16H14N4O/c1-10(21)19-14-9-18-15(16(17)20-14)13-7-6-11-4-2-3-5-12(11)8-13/h2-9H,1H3,(H3,17,19,20,21). The van der Waals surface area contributed by atoms with Gasteiger partial charge in [-0.3, -0.25) is 4.79 Å². The van der Waals surface area contributed by atoms with Gasteiger partial charge in [0.25, 0.3) is 0 Å². The second kappa shape index (κ2) is 5.20. The van der Waals surface area contributed by atoms with E-state index in [-0.39, 0.29) is 11.7 Å². The zero-order valence-corrected chi connectivity index (χ0v) is 11.5. The van der Waals surface area contributed by atoms with Crippen LogP contribution in [0.3, 0.4) is 0 Å². The van der Waals surface area contributed by atoms with Gasteiger partial charge in [0.2, 0.25) is 5.91 Å². The highest BCUT2D eigenvalue weighted by Crippen LogP contribution is 2.26. The zero-order valence-electron chi connectivity index (χ0n) is 11.5. The molecule has 0 bridgehead atoms. The minimum absolute atomic E-state index is 0.206. The average molecular weight is 278 g/mol. The van der Waals surface area contributed by atoms with Gasteiger partial charge < -0.3 is 11.1 Å². The summed E-state index contributed by atoms with van der Waals surface area (Å²) in [4.78, 5) is 19.5. The van der Waals surface area contributed by atoms with E-state index in [1.807, 2.05) is 42.5 Å². The monoisotopic (exact) mass is 278 g/mol. The van der Waals surface area contributed by atoms with E-state index in [0.717, 1.165) is 16.3 Å². The van der Waals surface area contributed by atoms with Gasteiger partial charge in [0.1, 0.15) is 5.69 Å². The third-order valence-electron chi connectivity index (χ3n) is 3.13. The summed E-state index contributed by atoms with van der Waals surface area (Å²) in [6.07, 6.45) is 1.50. The predicted octanol–water partition coefficient (Wildman–Crippen LogP) is 2.84. The number of hydrogen-bond acceptors (Lipinski definition) is 4. The lowest BCUT2D eigenvalue weighted by Gasteiger charge is -2.08. The number of aromatic nitrogens is 2. The molecule has 0 saturated heterocycles. The molecule has 1 heterocycles. The van der Waals surface area contributed by atoms with E-state index in [0.29, 0.717) is 11.5 Å². The molecule has 0 aliphatic carbocycles. The smallest absolute Gasteiger partial charge is 0.222 e. The molecule has 104 valence electrons. The number of nitrogens with one attached hydrogen (secondary N) is 1. The van der Waals surface area contributed by atoms with Crippen LogP contribution >= 0.6 is 0 Å². The summed E-state index contributed by atoms with van der Waals surface area (Å²) in [7, 11) is 0. The first kappa shape index (κ1) is 13.1. The first-order chi connectivity index (χ1) is 10.1. The van der Waals surface area contributed by atoms with Crippen LogP contribution in [0.1, 0.15) is 6.92 Å². The highest BCUT2D eigenvalue weighted by atomic mass is 16.1. The summed E-state index contributed by atoms with van der Waals surface area (Å²) in [5, 5.41) is 4.83. The van der Waals surface area contributed by atoms with Crippen LogP contribution in [0.4, 0.5) is 11.6 Å². The molecule has 0 aliphatic heterocycles. The van der Waals surface area contributed by atoms with E-state index < -0.39 is 0 Å². The highest BCUT2D eigenvalue weighted by Gasteiger charge is 2.08. The second-order valence-electron chi connectivity index (χ2n) is 4.73. The maximum absolute atomic E-state index is 11.0. The lowest BCUT2D eigenvalue weighted by molar-refractivity contribution is -0.114. The van der Waals surface area contributed by atoms with Crippen molar-refractivity contribution in [2.75, 3.05) is 11.1 Å². The Kier molecular flexibility index (Phi) is 3.23. The van der Waals surface area contributed by atoms with E-state index >= 15 is 0 Å². The first-order valence-corrected chi connectivity index (χ1v) is 6.53. The van der Waals surface area contributed by atoms with Crippen LogP contribution in [0.2, 0.25) is 0 Å². The van der Waals surface area contributed by atoms with Gasteiger partial charge in [-0.2, -0.15) is 0 Å². The van der Waals surface area contributed by atoms with Crippen molar-refractivity contribution in [3.63, 3.8) is 0 Å². The highest BCUT2D eigenvalue weighted by molar-refractivity contribution is 5.89. The number of nitrogen functional groups attached to an aromatic ring is 1. The van der Waals surface area contributed by atoms with Crippen LogP contribution in [0.15, 0.2) is 48.7 Å². The number of nitrogens with two attached hydrogens (primary N) is 1. The van der Waals surface area contributed by atoms with Crippen molar-refractivity contribution in [1.82, 2.24) is 9.97 Å². The number of carbonyl (C=O) groups excluding carboxylic acids is 1. The quantitative estimate of drug-likeness (QED) is 0.755. The third-order valence-corrected chi connectivity index (χ3v) is 3.13. The van der Waals surface area contributed by atoms with E-state index in [1.165, 1.54) is 13.1 Å². The first-order valence-electron chi connectivity index (χ1n) is 6.53. The van der Waals surface area contributed by atoms with Gasteiger partial charge in [-0.25, -0.2) is 9.97 Å². The molecule has 21 heavy (non-hydrogen) atoms. The van der Waals surface area contributed by atoms with E-state index in [4.69, 9.17) is 5.73 Å². The zero-order chi connectivity index (χ0) is 14.8. The van der Waals surface area contributed by atoms with Gasteiger partial charge in [-0.1, -0.05) is 36.4 Å². The molecule has 0 saturated carbocycles. The summed E-state index contributed by atoms with van der Waals surface area (Å²) < 4.78 is 0.